The standard InChI is InChI=1S/C25H24FN3O2/c1-3-31-23-9-8-16(12-19(23)26)13-21-25-24(17-6-4-5-7-20(17)28-25)18-10-11-29(15(2)30)14-22(18)27-21/h4-9,12,28H,3,10-11,13-14H2,1-2H3. The van der Waals surface area contributed by atoms with Gasteiger partial charge in [-0.2, -0.15) is 0 Å². The molecular weight excluding hydrogens is 393 g/mol. The van der Waals surface area contributed by atoms with E-state index in [1.54, 1.807) is 13.0 Å². The van der Waals surface area contributed by atoms with Crippen molar-refractivity contribution in [1.29, 1.82) is 0 Å². The number of aromatic amines is 1. The molecule has 0 radical (unpaired) electrons. The van der Waals surface area contributed by atoms with Crippen LogP contribution in [0.1, 0.15) is 36.4 Å². The Kier molecular flexibility index (Phi) is 4.85. The van der Waals surface area contributed by atoms with Gasteiger partial charge >= 0.3 is 0 Å². The molecule has 0 saturated carbocycles. The first-order valence-electron chi connectivity index (χ1n) is 10.6. The normalized spacial score (nSPS) is 13.6. The van der Waals surface area contributed by atoms with Crippen LogP contribution in [0.25, 0.3) is 21.8 Å². The molecule has 1 aliphatic heterocycles. The first-order chi connectivity index (χ1) is 15.0. The molecule has 0 aliphatic carbocycles. The molecular formula is C25H24FN3O2. The van der Waals surface area contributed by atoms with E-state index in [2.05, 4.69) is 17.1 Å². The second-order valence-corrected chi connectivity index (χ2v) is 7.97. The summed E-state index contributed by atoms with van der Waals surface area (Å²) in [7, 11) is 0. The van der Waals surface area contributed by atoms with Gasteiger partial charge in [0.25, 0.3) is 0 Å². The summed E-state index contributed by atoms with van der Waals surface area (Å²) in [6.45, 7) is 5.05. The first kappa shape index (κ1) is 19.5. The van der Waals surface area contributed by atoms with Crippen LogP contribution in [-0.4, -0.2) is 33.9 Å². The smallest absolute Gasteiger partial charge is 0.219 e. The number of pyridine rings is 1. The average molecular weight is 417 g/mol. The maximum absolute atomic E-state index is 14.4. The van der Waals surface area contributed by atoms with Gasteiger partial charge in [-0.1, -0.05) is 24.3 Å². The minimum absolute atomic E-state index is 0.0570. The zero-order valence-electron chi connectivity index (χ0n) is 17.7. The Morgan fingerprint density at radius 1 is 1.26 bits per heavy atom. The zero-order chi connectivity index (χ0) is 21.5. The summed E-state index contributed by atoms with van der Waals surface area (Å²) < 4.78 is 19.8. The summed E-state index contributed by atoms with van der Waals surface area (Å²) in [5, 5.41) is 2.33. The molecule has 0 bridgehead atoms. The van der Waals surface area contributed by atoms with E-state index < -0.39 is 0 Å². The number of para-hydroxylation sites is 1. The predicted octanol–water partition coefficient (Wildman–Crippen LogP) is 4.75. The Labute approximate surface area is 179 Å². The van der Waals surface area contributed by atoms with E-state index in [0.29, 0.717) is 26.1 Å². The van der Waals surface area contributed by atoms with Gasteiger partial charge in [-0.3, -0.25) is 9.78 Å². The summed E-state index contributed by atoms with van der Waals surface area (Å²) in [5.41, 5.74) is 5.87. The number of H-pyrrole nitrogens is 1. The number of ether oxygens (including phenoxy) is 1. The van der Waals surface area contributed by atoms with Gasteiger partial charge in [-0.05, 0) is 42.7 Å². The highest BCUT2D eigenvalue weighted by molar-refractivity contribution is 6.10. The van der Waals surface area contributed by atoms with Gasteiger partial charge in [0.05, 0.1) is 30.1 Å². The van der Waals surface area contributed by atoms with Gasteiger partial charge in [-0.25, -0.2) is 4.39 Å². The lowest BCUT2D eigenvalue weighted by molar-refractivity contribution is -0.129. The van der Waals surface area contributed by atoms with Crippen molar-refractivity contribution in [3.63, 3.8) is 0 Å². The summed E-state index contributed by atoms with van der Waals surface area (Å²) in [5.74, 6) is -0.0490. The number of benzene rings is 2. The fourth-order valence-corrected chi connectivity index (χ4v) is 4.53. The summed E-state index contributed by atoms with van der Waals surface area (Å²) >= 11 is 0. The van der Waals surface area contributed by atoms with Crippen molar-refractivity contribution in [3.8, 4) is 5.75 Å². The van der Waals surface area contributed by atoms with Crippen LogP contribution in [0.2, 0.25) is 0 Å². The second-order valence-electron chi connectivity index (χ2n) is 7.97. The van der Waals surface area contributed by atoms with E-state index >= 15 is 0 Å². The Hall–Kier alpha value is -3.41. The first-order valence-corrected chi connectivity index (χ1v) is 10.6. The van der Waals surface area contributed by atoms with Gasteiger partial charge in [0.2, 0.25) is 5.91 Å². The third kappa shape index (κ3) is 3.42. The second kappa shape index (κ2) is 7.69. The van der Waals surface area contributed by atoms with Crippen molar-refractivity contribution >= 4 is 27.7 Å². The van der Waals surface area contributed by atoms with E-state index in [0.717, 1.165) is 39.8 Å². The Morgan fingerprint density at radius 2 is 2.10 bits per heavy atom. The number of hydrogen-bond donors (Lipinski definition) is 1. The fourth-order valence-electron chi connectivity index (χ4n) is 4.53. The molecule has 158 valence electrons. The van der Waals surface area contributed by atoms with Gasteiger partial charge < -0.3 is 14.6 Å². The van der Waals surface area contributed by atoms with E-state index in [1.807, 2.05) is 30.0 Å². The van der Waals surface area contributed by atoms with Crippen molar-refractivity contribution in [2.45, 2.75) is 33.2 Å². The van der Waals surface area contributed by atoms with Crippen LogP contribution >= 0.6 is 0 Å². The molecule has 3 heterocycles. The molecule has 4 aromatic rings. The zero-order valence-corrected chi connectivity index (χ0v) is 17.7. The fraction of sp³-hybridized carbons (Fsp3) is 0.280. The third-order valence-electron chi connectivity index (χ3n) is 6.00. The Morgan fingerprint density at radius 3 is 2.87 bits per heavy atom. The van der Waals surface area contributed by atoms with E-state index in [1.165, 1.54) is 17.0 Å². The van der Waals surface area contributed by atoms with Gasteiger partial charge in [-0.15, -0.1) is 0 Å². The summed E-state index contributed by atoms with van der Waals surface area (Å²) in [6, 6.07) is 13.3. The highest BCUT2D eigenvalue weighted by Gasteiger charge is 2.25. The van der Waals surface area contributed by atoms with Crippen LogP contribution < -0.4 is 4.74 Å². The third-order valence-corrected chi connectivity index (χ3v) is 6.00. The summed E-state index contributed by atoms with van der Waals surface area (Å²) in [4.78, 5) is 22.3. The van der Waals surface area contributed by atoms with E-state index in [4.69, 9.17) is 9.72 Å². The molecule has 5 nitrogen and oxygen atoms in total. The van der Waals surface area contributed by atoms with E-state index in [-0.39, 0.29) is 17.5 Å². The molecule has 2 aromatic carbocycles. The van der Waals surface area contributed by atoms with Gasteiger partial charge in [0.15, 0.2) is 11.6 Å². The number of hydrogen-bond acceptors (Lipinski definition) is 3. The molecule has 31 heavy (non-hydrogen) atoms. The lowest BCUT2D eigenvalue weighted by Crippen LogP contribution is -2.35. The Balaban J connectivity index is 1.65. The number of halogens is 1. The van der Waals surface area contributed by atoms with Crippen LogP contribution in [0.15, 0.2) is 42.5 Å². The maximum Gasteiger partial charge on any atom is 0.219 e. The molecule has 5 rings (SSSR count). The molecule has 0 spiro atoms. The van der Waals surface area contributed by atoms with Crippen molar-refractivity contribution in [3.05, 3.63) is 70.8 Å². The molecule has 0 fully saturated rings. The minimum atomic E-state index is -0.368. The lowest BCUT2D eigenvalue weighted by Gasteiger charge is -2.28. The topological polar surface area (TPSA) is 58.2 Å². The van der Waals surface area contributed by atoms with E-state index in [9.17, 15) is 9.18 Å². The monoisotopic (exact) mass is 417 g/mol. The van der Waals surface area contributed by atoms with Crippen molar-refractivity contribution < 1.29 is 13.9 Å². The number of rotatable bonds is 4. The summed E-state index contributed by atoms with van der Waals surface area (Å²) in [6.07, 6.45) is 1.26. The van der Waals surface area contributed by atoms with Crippen LogP contribution in [0.4, 0.5) is 4.39 Å². The quantitative estimate of drug-likeness (QED) is 0.521. The largest absolute Gasteiger partial charge is 0.491 e. The number of fused-ring (bicyclic) bond motifs is 5. The average Bonchev–Trinajstić information content (AvgIpc) is 3.15. The molecule has 6 heteroatoms. The number of carbonyl (C=O) groups excluding carboxylic acids is 1. The SMILES string of the molecule is CCOc1ccc(Cc2nc3c(c4c2[nH]c2ccccc24)CCN(C(C)=O)C3)cc1F. The number of nitrogens with zero attached hydrogens (tertiary/aromatic N) is 2. The molecule has 1 N–H and O–H groups in total. The van der Waals surface area contributed by atoms with Gasteiger partial charge in [0, 0.05) is 36.2 Å². The highest BCUT2D eigenvalue weighted by atomic mass is 19.1. The molecule has 2 aromatic heterocycles. The molecule has 0 saturated heterocycles. The maximum atomic E-state index is 14.4. The number of aromatic nitrogens is 2. The lowest BCUT2D eigenvalue weighted by atomic mass is 9.96. The highest BCUT2D eigenvalue weighted by Crippen LogP contribution is 2.35. The predicted molar refractivity (Wildman–Crippen MR) is 119 cm³/mol. The van der Waals surface area contributed by atoms with Crippen molar-refractivity contribution in [2.24, 2.45) is 0 Å². The number of nitrogens with one attached hydrogen (secondary N) is 1. The van der Waals surface area contributed by atoms with Crippen molar-refractivity contribution in [2.75, 3.05) is 13.2 Å². The molecule has 0 atom stereocenters. The van der Waals surface area contributed by atoms with Crippen LogP contribution in [0.3, 0.4) is 0 Å². The van der Waals surface area contributed by atoms with Crippen molar-refractivity contribution in [1.82, 2.24) is 14.9 Å². The van der Waals surface area contributed by atoms with Crippen LogP contribution in [-0.2, 0) is 24.2 Å². The Bertz CT molecular complexity index is 1310. The van der Waals surface area contributed by atoms with Gasteiger partial charge in [0.1, 0.15) is 0 Å². The van der Waals surface area contributed by atoms with Crippen LogP contribution in [0.5, 0.6) is 5.75 Å². The number of amides is 1. The molecule has 1 aliphatic rings. The molecule has 0 unspecified atom stereocenters. The number of carbonyl (C=O) groups is 1. The van der Waals surface area contributed by atoms with Crippen LogP contribution in [0, 0.1) is 5.82 Å². The minimum Gasteiger partial charge on any atom is -0.491 e. The molecule has 1 amide bonds.